The summed E-state index contributed by atoms with van der Waals surface area (Å²) in [6.45, 7) is 9.20. The summed E-state index contributed by atoms with van der Waals surface area (Å²) < 4.78 is 14.0. The Labute approximate surface area is 238 Å². The maximum absolute atomic E-state index is 13.9. The first-order chi connectivity index (χ1) is 18.2. The summed E-state index contributed by atoms with van der Waals surface area (Å²) in [6, 6.07) is 10.3. The number of ether oxygens (including phenoxy) is 2. The van der Waals surface area contributed by atoms with Gasteiger partial charge >= 0.3 is 0 Å². The fraction of sp³-hybridized carbons (Fsp3) is 0.321. The molecule has 1 aliphatic heterocycles. The molecule has 2 heterocycles. The van der Waals surface area contributed by atoms with Crippen LogP contribution in [0.1, 0.15) is 44.9 Å². The van der Waals surface area contributed by atoms with Crippen LogP contribution in [-0.4, -0.2) is 42.2 Å². The number of hydrogen-bond donors (Lipinski definition) is 0. The molecule has 200 valence electrons. The van der Waals surface area contributed by atoms with E-state index >= 15 is 0 Å². The summed E-state index contributed by atoms with van der Waals surface area (Å²) in [4.78, 5) is 34.6. The highest BCUT2D eigenvalue weighted by Crippen LogP contribution is 2.37. The molecule has 0 saturated heterocycles. The Morgan fingerprint density at radius 3 is 2.50 bits per heavy atom. The average molecular weight is 619 g/mol. The minimum Gasteiger partial charge on any atom is -0.493 e. The molecule has 2 aromatic carbocycles. The van der Waals surface area contributed by atoms with Gasteiger partial charge in [0.2, 0.25) is 0 Å². The fourth-order valence-electron chi connectivity index (χ4n) is 4.50. The maximum atomic E-state index is 13.9. The van der Waals surface area contributed by atoms with Crippen molar-refractivity contribution in [2.24, 2.45) is 4.99 Å². The van der Waals surface area contributed by atoms with Crippen LogP contribution in [0.4, 0.5) is 0 Å². The van der Waals surface area contributed by atoms with E-state index in [1.54, 1.807) is 34.8 Å². The molecular weight excluding hydrogens is 590 g/mol. The van der Waals surface area contributed by atoms with Gasteiger partial charge in [-0.25, -0.2) is 4.99 Å². The van der Waals surface area contributed by atoms with Crippen LogP contribution in [0.25, 0.3) is 6.08 Å². The second-order valence-corrected chi connectivity index (χ2v) is 10.9. The molecule has 0 unspecified atom stereocenters. The van der Waals surface area contributed by atoms with Crippen molar-refractivity contribution in [1.29, 1.82) is 0 Å². The SMILES string of the molecule is CCOc1c(Br)cc(/C=c2/sc3n(c2=O)[C@@H](c2ccc(Cl)cc2)C(C(=O)N(CC)CC)=C(C)N=3)cc1OC. The van der Waals surface area contributed by atoms with Gasteiger partial charge in [-0.15, -0.1) is 0 Å². The van der Waals surface area contributed by atoms with Crippen molar-refractivity contribution in [2.75, 3.05) is 26.8 Å². The molecule has 38 heavy (non-hydrogen) atoms. The maximum Gasteiger partial charge on any atom is 0.271 e. The summed E-state index contributed by atoms with van der Waals surface area (Å²) in [7, 11) is 1.57. The zero-order valence-corrected chi connectivity index (χ0v) is 25.0. The van der Waals surface area contributed by atoms with Gasteiger partial charge in [0, 0.05) is 18.1 Å². The van der Waals surface area contributed by atoms with Crippen LogP contribution in [0.15, 0.2) is 61.9 Å². The molecule has 7 nitrogen and oxygen atoms in total. The van der Waals surface area contributed by atoms with Gasteiger partial charge in [-0.2, -0.15) is 0 Å². The number of nitrogens with zero attached hydrogens (tertiary/aromatic N) is 3. The molecule has 3 aromatic rings. The molecule has 1 amide bonds. The molecule has 0 N–H and O–H groups in total. The third-order valence-electron chi connectivity index (χ3n) is 6.33. The summed E-state index contributed by atoms with van der Waals surface area (Å²) in [6.07, 6.45) is 1.80. The molecule has 0 fully saturated rings. The highest BCUT2D eigenvalue weighted by Gasteiger charge is 2.34. The number of benzene rings is 2. The number of aromatic nitrogens is 1. The van der Waals surface area contributed by atoms with Crippen LogP contribution in [0.3, 0.4) is 0 Å². The number of allylic oxidation sites excluding steroid dienone is 1. The van der Waals surface area contributed by atoms with Crippen molar-refractivity contribution in [3.63, 3.8) is 0 Å². The van der Waals surface area contributed by atoms with Crippen molar-refractivity contribution in [3.8, 4) is 11.5 Å². The number of amides is 1. The van der Waals surface area contributed by atoms with Gasteiger partial charge in [-0.1, -0.05) is 35.1 Å². The van der Waals surface area contributed by atoms with Gasteiger partial charge in [0.15, 0.2) is 16.3 Å². The second-order valence-electron chi connectivity index (χ2n) is 8.58. The molecular formula is C28H29BrClN3O4S. The molecule has 0 radical (unpaired) electrons. The van der Waals surface area contributed by atoms with E-state index in [0.717, 1.165) is 15.6 Å². The Hall–Kier alpha value is -2.88. The van der Waals surface area contributed by atoms with Crippen molar-refractivity contribution in [2.45, 2.75) is 33.7 Å². The molecule has 10 heteroatoms. The van der Waals surface area contributed by atoms with Crippen LogP contribution >= 0.6 is 38.9 Å². The molecule has 1 aromatic heterocycles. The van der Waals surface area contributed by atoms with E-state index in [2.05, 4.69) is 15.9 Å². The van der Waals surface area contributed by atoms with Gasteiger partial charge in [0.05, 0.1) is 40.0 Å². The predicted molar refractivity (Wildman–Crippen MR) is 155 cm³/mol. The van der Waals surface area contributed by atoms with Gasteiger partial charge in [0.25, 0.3) is 11.5 Å². The molecule has 0 spiro atoms. The van der Waals surface area contributed by atoms with Crippen LogP contribution in [-0.2, 0) is 4.79 Å². The predicted octanol–water partition coefficient (Wildman–Crippen LogP) is 4.93. The zero-order valence-electron chi connectivity index (χ0n) is 21.9. The minimum absolute atomic E-state index is 0.134. The van der Waals surface area contributed by atoms with Crippen molar-refractivity contribution < 1.29 is 14.3 Å². The standard InChI is InChI=1S/C28H29BrClN3O4S/c1-6-32(7-2)27(35)23-16(4)31-28-33(24(23)18-9-11-19(30)12-10-18)26(34)22(38-28)15-17-13-20(29)25(37-8-3)21(14-17)36-5/h9-15,24H,6-8H2,1-5H3/b22-15+/t24-/m0/s1. The van der Waals surface area contributed by atoms with Crippen molar-refractivity contribution in [1.82, 2.24) is 9.47 Å². The summed E-state index contributed by atoms with van der Waals surface area (Å²) in [5, 5.41) is 0.577. The number of methoxy groups -OCH3 is 1. The Kier molecular flexibility index (Phi) is 8.80. The van der Waals surface area contributed by atoms with E-state index < -0.39 is 6.04 Å². The highest BCUT2D eigenvalue weighted by atomic mass is 79.9. The molecule has 1 atom stereocenters. The number of halogens is 2. The number of carbonyl (C=O) groups is 1. The Bertz CT molecular complexity index is 1570. The number of hydrogen-bond acceptors (Lipinski definition) is 6. The number of fused-ring (bicyclic) bond motifs is 1. The van der Waals surface area contributed by atoms with E-state index in [0.29, 0.717) is 56.8 Å². The van der Waals surface area contributed by atoms with Gasteiger partial charge < -0.3 is 14.4 Å². The molecule has 0 bridgehead atoms. The summed E-state index contributed by atoms with van der Waals surface area (Å²) >= 11 is 11.0. The smallest absolute Gasteiger partial charge is 0.271 e. The van der Waals surface area contributed by atoms with Gasteiger partial charge in [-0.3, -0.25) is 14.2 Å². The van der Waals surface area contributed by atoms with Crippen LogP contribution in [0.2, 0.25) is 5.02 Å². The molecule has 0 saturated carbocycles. The fourth-order valence-corrected chi connectivity index (χ4v) is 6.24. The second kappa shape index (κ2) is 11.9. The number of thiazole rings is 1. The lowest BCUT2D eigenvalue weighted by Crippen LogP contribution is -2.43. The van der Waals surface area contributed by atoms with Crippen molar-refractivity contribution in [3.05, 3.63) is 88.0 Å². The van der Waals surface area contributed by atoms with Gasteiger partial charge in [-0.05, 0) is 85.1 Å². The molecule has 0 aliphatic carbocycles. The summed E-state index contributed by atoms with van der Waals surface area (Å²) in [5.41, 5.74) is 2.41. The van der Waals surface area contributed by atoms with E-state index in [1.165, 1.54) is 11.3 Å². The lowest BCUT2D eigenvalue weighted by atomic mass is 9.94. The van der Waals surface area contributed by atoms with E-state index in [9.17, 15) is 9.59 Å². The molecule has 1 aliphatic rings. The third kappa shape index (κ3) is 5.32. The topological polar surface area (TPSA) is 73.1 Å². The van der Waals surface area contributed by atoms with E-state index in [1.807, 2.05) is 52.0 Å². The number of rotatable bonds is 8. The summed E-state index contributed by atoms with van der Waals surface area (Å²) in [5.74, 6) is 1.03. The van der Waals surface area contributed by atoms with E-state index in [-0.39, 0.29) is 11.5 Å². The number of likely N-dealkylation sites (N-methyl/N-ethyl adjacent to an activating group) is 1. The lowest BCUT2D eigenvalue weighted by Gasteiger charge is -2.29. The van der Waals surface area contributed by atoms with Crippen molar-refractivity contribution >= 4 is 50.9 Å². The zero-order chi connectivity index (χ0) is 27.6. The monoisotopic (exact) mass is 617 g/mol. The quantitative estimate of drug-likeness (QED) is 0.359. The first-order valence-electron chi connectivity index (χ1n) is 12.3. The third-order valence-corrected chi connectivity index (χ3v) is 8.15. The van der Waals surface area contributed by atoms with Crippen LogP contribution in [0.5, 0.6) is 11.5 Å². The van der Waals surface area contributed by atoms with Crippen LogP contribution < -0.4 is 24.4 Å². The normalized spacial score (nSPS) is 15.2. The number of carbonyl (C=O) groups excluding carboxylic acids is 1. The average Bonchev–Trinajstić information content (AvgIpc) is 3.19. The first kappa shape index (κ1) is 28.1. The molecule has 4 rings (SSSR count). The Morgan fingerprint density at radius 2 is 1.89 bits per heavy atom. The van der Waals surface area contributed by atoms with Crippen LogP contribution in [0, 0.1) is 0 Å². The highest BCUT2D eigenvalue weighted by molar-refractivity contribution is 9.10. The van der Waals surface area contributed by atoms with E-state index in [4.69, 9.17) is 26.1 Å². The first-order valence-corrected chi connectivity index (χ1v) is 14.3. The van der Waals surface area contributed by atoms with Gasteiger partial charge in [0.1, 0.15) is 0 Å². The largest absolute Gasteiger partial charge is 0.493 e. The Morgan fingerprint density at radius 1 is 1.21 bits per heavy atom. The lowest BCUT2D eigenvalue weighted by molar-refractivity contribution is -0.127. The minimum atomic E-state index is -0.625. The Balaban J connectivity index is 1.93.